The lowest BCUT2D eigenvalue weighted by molar-refractivity contribution is 0.0978. The van der Waals surface area contributed by atoms with E-state index in [4.69, 9.17) is 10.5 Å². The van der Waals surface area contributed by atoms with Crippen LogP contribution >= 0.6 is 0 Å². The van der Waals surface area contributed by atoms with Crippen LogP contribution in [0.4, 0.5) is 11.4 Å². The predicted molar refractivity (Wildman–Crippen MR) is 81.6 cm³/mol. The lowest BCUT2D eigenvalue weighted by Crippen LogP contribution is -2.35. The van der Waals surface area contributed by atoms with Crippen LogP contribution in [0.1, 0.15) is 22.8 Å². The molecule has 0 spiro atoms. The highest BCUT2D eigenvalue weighted by atomic mass is 16.5. The summed E-state index contributed by atoms with van der Waals surface area (Å²) in [6.45, 7) is 2.03. The van der Waals surface area contributed by atoms with Gasteiger partial charge < -0.3 is 15.4 Å². The average Bonchev–Trinajstić information content (AvgIpc) is 2.81. The summed E-state index contributed by atoms with van der Waals surface area (Å²) in [7, 11) is 1.54. The minimum Gasteiger partial charge on any atom is -0.494 e. The number of amides is 1. The first-order chi connectivity index (χ1) is 10.1. The summed E-state index contributed by atoms with van der Waals surface area (Å²) in [5.74, 6) is 0.406. The van der Waals surface area contributed by atoms with Crippen molar-refractivity contribution in [2.45, 2.75) is 19.4 Å². The SMILES string of the molecule is COc1cnccc1C(=O)N1c2ccc(N)cc2CC1C. The van der Waals surface area contributed by atoms with E-state index in [2.05, 4.69) is 4.98 Å². The average molecular weight is 283 g/mol. The number of nitrogen functional groups attached to an aromatic ring is 1. The molecule has 0 saturated carbocycles. The predicted octanol–water partition coefficient (Wildman–Crippen LogP) is 2.26. The van der Waals surface area contributed by atoms with Gasteiger partial charge in [-0.15, -0.1) is 0 Å². The minimum atomic E-state index is -0.0785. The van der Waals surface area contributed by atoms with E-state index in [1.807, 2.05) is 25.1 Å². The summed E-state index contributed by atoms with van der Waals surface area (Å²) >= 11 is 0. The molecule has 108 valence electrons. The highest BCUT2D eigenvalue weighted by Crippen LogP contribution is 2.35. The van der Waals surface area contributed by atoms with E-state index >= 15 is 0 Å². The van der Waals surface area contributed by atoms with Crippen molar-refractivity contribution < 1.29 is 9.53 Å². The molecular formula is C16H17N3O2. The first-order valence-electron chi connectivity index (χ1n) is 6.81. The zero-order valence-electron chi connectivity index (χ0n) is 12.0. The number of pyridine rings is 1. The second-order valence-electron chi connectivity index (χ2n) is 5.19. The molecule has 2 N–H and O–H groups in total. The van der Waals surface area contributed by atoms with E-state index < -0.39 is 0 Å². The number of nitrogens with two attached hydrogens (primary N) is 1. The largest absolute Gasteiger partial charge is 0.494 e. The lowest BCUT2D eigenvalue weighted by atomic mass is 10.1. The summed E-state index contributed by atoms with van der Waals surface area (Å²) in [5.41, 5.74) is 9.08. The van der Waals surface area contributed by atoms with Gasteiger partial charge in [0.2, 0.25) is 0 Å². The molecule has 3 rings (SSSR count). The molecule has 0 aliphatic carbocycles. The zero-order chi connectivity index (χ0) is 15.0. The van der Waals surface area contributed by atoms with Gasteiger partial charge in [0.15, 0.2) is 0 Å². The number of rotatable bonds is 2. The van der Waals surface area contributed by atoms with Crippen LogP contribution < -0.4 is 15.4 Å². The van der Waals surface area contributed by atoms with Crippen LogP contribution in [0.3, 0.4) is 0 Å². The Morgan fingerprint density at radius 2 is 2.24 bits per heavy atom. The second-order valence-corrected chi connectivity index (χ2v) is 5.19. The van der Waals surface area contributed by atoms with Crippen molar-refractivity contribution >= 4 is 17.3 Å². The topological polar surface area (TPSA) is 68.5 Å². The van der Waals surface area contributed by atoms with E-state index in [0.29, 0.717) is 11.3 Å². The summed E-state index contributed by atoms with van der Waals surface area (Å²) < 4.78 is 5.24. The van der Waals surface area contributed by atoms with Gasteiger partial charge in [-0.1, -0.05) is 0 Å². The maximum Gasteiger partial charge on any atom is 0.262 e. The number of hydrogen-bond donors (Lipinski definition) is 1. The number of aromatic nitrogens is 1. The van der Waals surface area contributed by atoms with Crippen LogP contribution in [0, 0.1) is 0 Å². The Labute approximate surface area is 123 Å². The molecule has 1 amide bonds. The highest BCUT2D eigenvalue weighted by molar-refractivity contribution is 6.09. The number of benzene rings is 1. The molecule has 0 bridgehead atoms. The van der Waals surface area contributed by atoms with E-state index in [0.717, 1.165) is 23.4 Å². The zero-order valence-corrected chi connectivity index (χ0v) is 12.0. The van der Waals surface area contributed by atoms with Gasteiger partial charge in [0.05, 0.1) is 18.9 Å². The Hall–Kier alpha value is -2.56. The fourth-order valence-electron chi connectivity index (χ4n) is 2.81. The van der Waals surface area contributed by atoms with Crippen LogP contribution in [-0.2, 0) is 6.42 Å². The Balaban J connectivity index is 2.03. The molecular weight excluding hydrogens is 266 g/mol. The molecule has 0 fully saturated rings. The normalized spacial score (nSPS) is 16.7. The first kappa shape index (κ1) is 13.4. The molecule has 1 aliphatic rings. The van der Waals surface area contributed by atoms with Gasteiger partial charge in [0.1, 0.15) is 5.75 Å². The third-order valence-electron chi connectivity index (χ3n) is 3.77. The number of hydrogen-bond acceptors (Lipinski definition) is 4. The number of methoxy groups -OCH3 is 1. The maximum absolute atomic E-state index is 12.9. The fraction of sp³-hybridized carbons (Fsp3) is 0.250. The molecule has 1 atom stereocenters. The molecule has 1 aromatic carbocycles. The van der Waals surface area contributed by atoms with Crippen LogP contribution in [0.2, 0.25) is 0 Å². The quantitative estimate of drug-likeness (QED) is 0.858. The molecule has 1 aromatic heterocycles. The number of carbonyl (C=O) groups excluding carboxylic acids is 1. The van der Waals surface area contributed by atoms with Gasteiger partial charge in [-0.25, -0.2) is 0 Å². The first-order valence-corrected chi connectivity index (χ1v) is 6.81. The molecule has 0 saturated heterocycles. The van der Waals surface area contributed by atoms with E-state index in [-0.39, 0.29) is 11.9 Å². The highest BCUT2D eigenvalue weighted by Gasteiger charge is 2.32. The van der Waals surface area contributed by atoms with Crippen LogP contribution in [0.5, 0.6) is 5.75 Å². The van der Waals surface area contributed by atoms with E-state index in [1.165, 1.54) is 7.11 Å². The summed E-state index contributed by atoms with van der Waals surface area (Å²) in [6, 6.07) is 7.43. The summed E-state index contributed by atoms with van der Waals surface area (Å²) in [5, 5.41) is 0. The van der Waals surface area contributed by atoms with Crippen molar-refractivity contribution in [3.63, 3.8) is 0 Å². The number of nitrogens with zero attached hydrogens (tertiary/aromatic N) is 2. The van der Waals surface area contributed by atoms with Crippen molar-refractivity contribution in [1.82, 2.24) is 4.98 Å². The van der Waals surface area contributed by atoms with Crippen molar-refractivity contribution in [2.75, 3.05) is 17.7 Å². The van der Waals surface area contributed by atoms with Gasteiger partial charge in [-0.05, 0) is 43.2 Å². The molecule has 5 nitrogen and oxygen atoms in total. The van der Waals surface area contributed by atoms with E-state index in [9.17, 15) is 4.79 Å². The Morgan fingerprint density at radius 3 is 3.00 bits per heavy atom. The Kier molecular flexibility index (Phi) is 3.25. The monoisotopic (exact) mass is 283 g/mol. The van der Waals surface area contributed by atoms with Crippen LogP contribution in [-0.4, -0.2) is 24.0 Å². The smallest absolute Gasteiger partial charge is 0.262 e. The van der Waals surface area contributed by atoms with Crippen molar-refractivity contribution in [3.8, 4) is 5.75 Å². The lowest BCUT2D eigenvalue weighted by Gasteiger charge is -2.23. The number of carbonyl (C=O) groups is 1. The molecule has 2 heterocycles. The summed E-state index contributed by atoms with van der Waals surface area (Å²) in [6.07, 6.45) is 3.96. The van der Waals surface area contributed by atoms with Gasteiger partial charge in [0.25, 0.3) is 5.91 Å². The van der Waals surface area contributed by atoms with Gasteiger partial charge in [0, 0.05) is 23.6 Å². The Morgan fingerprint density at radius 1 is 1.43 bits per heavy atom. The second kappa shape index (κ2) is 5.09. The third-order valence-corrected chi connectivity index (χ3v) is 3.77. The third kappa shape index (κ3) is 2.20. The van der Waals surface area contributed by atoms with Crippen LogP contribution in [0.15, 0.2) is 36.7 Å². The number of ether oxygens (including phenoxy) is 1. The molecule has 0 radical (unpaired) electrons. The van der Waals surface area contributed by atoms with Crippen molar-refractivity contribution in [1.29, 1.82) is 0 Å². The molecule has 5 heteroatoms. The maximum atomic E-state index is 12.9. The minimum absolute atomic E-state index is 0.0785. The molecule has 21 heavy (non-hydrogen) atoms. The number of anilines is 2. The molecule has 1 unspecified atom stereocenters. The summed E-state index contributed by atoms with van der Waals surface area (Å²) in [4.78, 5) is 18.7. The van der Waals surface area contributed by atoms with Crippen molar-refractivity contribution in [3.05, 3.63) is 47.8 Å². The standard InChI is InChI=1S/C16H17N3O2/c1-10-7-11-8-12(17)3-4-14(11)19(10)16(20)13-5-6-18-9-15(13)21-2/h3-6,8-10H,7,17H2,1-2H3. The Bertz CT molecular complexity index is 700. The van der Waals surface area contributed by atoms with Gasteiger partial charge in [-0.3, -0.25) is 9.78 Å². The van der Waals surface area contributed by atoms with Crippen LogP contribution in [0.25, 0.3) is 0 Å². The van der Waals surface area contributed by atoms with Gasteiger partial charge >= 0.3 is 0 Å². The fourth-order valence-corrected chi connectivity index (χ4v) is 2.81. The van der Waals surface area contributed by atoms with Gasteiger partial charge in [-0.2, -0.15) is 0 Å². The molecule has 2 aromatic rings. The van der Waals surface area contributed by atoms with Crippen molar-refractivity contribution in [2.24, 2.45) is 0 Å². The van der Waals surface area contributed by atoms with E-state index in [1.54, 1.807) is 23.4 Å². The molecule has 1 aliphatic heterocycles. The number of fused-ring (bicyclic) bond motifs is 1.